The van der Waals surface area contributed by atoms with E-state index in [1.807, 2.05) is 0 Å². The number of aliphatic carboxylic acids is 2. The van der Waals surface area contributed by atoms with Crippen LogP contribution in [0.1, 0.15) is 34.3 Å². The maximum atomic E-state index is 12.6. The molecule has 2 aromatic carbocycles. The summed E-state index contributed by atoms with van der Waals surface area (Å²) in [5, 5.41) is 33.0. The molecule has 2 rings (SSSR count). The number of nitrogens with one attached hydrogen (secondary N) is 4. The second-order valence-electron chi connectivity index (χ2n) is 7.80. The highest BCUT2D eigenvalue weighted by atomic mass is 16.4. The SMILES string of the molecule is N=C(N)c1ccc(C(=O)NCCC(=O)N[C@@H](CC(=O)O)C(=O)N[C@@H](Cc2ccccc2)C(=O)O)cc1. The van der Waals surface area contributed by atoms with Crippen LogP contribution >= 0.6 is 0 Å². The monoisotopic (exact) mass is 497 g/mol. The van der Waals surface area contributed by atoms with Crippen LogP contribution < -0.4 is 21.7 Å². The van der Waals surface area contributed by atoms with Crippen LogP contribution in [-0.2, 0) is 25.6 Å². The van der Waals surface area contributed by atoms with Gasteiger partial charge in [-0.05, 0) is 17.7 Å². The lowest BCUT2D eigenvalue weighted by molar-refractivity contribution is -0.143. The summed E-state index contributed by atoms with van der Waals surface area (Å²) in [6.07, 6.45) is -1.05. The third-order valence-corrected chi connectivity index (χ3v) is 5.02. The Morgan fingerprint density at radius 2 is 1.47 bits per heavy atom. The molecule has 0 aliphatic rings. The van der Waals surface area contributed by atoms with Crippen LogP contribution in [0.2, 0.25) is 0 Å². The number of amidine groups is 1. The Balaban J connectivity index is 1.92. The van der Waals surface area contributed by atoms with Crippen molar-refractivity contribution in [1.82, 2.24) is 16.0 Å². The molecule has 12 heteroatoms. The van der Waals surface area contributed by atoms with Gasteiger partial charge >= 0.3 is 11.9 Å². The number of carboxylic acid groups (broad SMARTS) is 2. The highest BCUT2D eigenvalue weighted by Crippen LogP contribution is 2.06. The number of amides is 3. The maximum Gasteiger partial charge on any atom is 0.326 e. The molecule has 8 N–H and O–H groups in total. The summed E-state index contributed by atoms with van der Waals surface area (Å²) < 4.78 is 0. The number of nitrogens with two attached hydrogens (primary N) is 1. The highest BCUT2D eigenvalue weighted by molar-refractivity contribution is 5.98. The molecule has 2 aromatic rings. The fourth-order valence-corrected chi connectivity index (χ4v) is 3.17. The van der Waals surface area contributed by atoms with Gasteiger partial charge in [-0.25, -0.2) is 4.79 Å². The summed E-state index contributed by atoms with van der Waals surface area (Å²) in [6, 6.07) is 11.6. The third kappa shape index (κ3) is 8.89. The van der Waals surface area contributed by atoms with E-state index in [1.54, 1.807) is 30.3 Å². The molecule has 2 atom stereocenters. The van der Waals surface area contributed by atoms with Gasteiger partial charge in [0.2, 0.25) is 11.8 Å². The highest BCUT2D eigenvalue weighted by Gasteiger charge is 2.28. The summed E-state index contributed by atoms with van der Waals surface area (Å²) in [5.41, 5.74) is 6.74. The van der Waals surface area contributed by atoms with Crippen molar-refractivity contribution in [2.24, 2.45) is 5.73 Å². The predicted molar refractivity (Wildman–Crippen MR) is 128 cm³/mol. The van der Waals surface area contributed by atoms with Crippen LogP contribution in [0.15, 0.2) is 54.6 Å². The Kier molecular flexibility index (Phi) is 10.1. The second-order valence-corrected chi connectivity index (χ2v) is 7.80. The molecular formula is C24H27N5O7. The Morgan fingerprint density at radius 1 is 0.861 bits per heavy atom. The topological polar surface area (TPSA) is 212 Å². The van der Waals surface area contributed by atoms with Gasteiger partial charge in [0, 0.05) is 30.5 Å². The summed E-state index contributed by atoms with van der Waals surface area (Å²) >= 11 is 0. The molecule has 0 radical (unpaired) electrons. The van der Waals surface area contributed by atoms with Gasteiger partial charge in [0.25, 0.3) is 5.91 Å². The smallest absolute Gasteiger partial charge is 0.326 e. The van der Waals surface area contributed by atoms with Crippen molar-refractivity contribution in [2.75, 3.05) is 6.54 Å². The molecule has 0 fully saturated rings. The van der Waals surface area contributed by atoms with Gasteiger partial charge in [-0.1, -0.05) is 42.5 Å². The van der Waals surface area contributed by atoms with Crippen molar-refractivity contribution in [3.8, 4) is 0 Å². The van der Waals surface area contributed by atoms with Crippen LogP contribution in [0.5, 0.6) is 0 Å². The molecule has 0 spiro atoms. The van der Waals surface area contributed by atoms with E-state index in [1.165, 1.54) is 24.3 Å². The van der Waals surface area contributed by atoms with Crippen molar-refractivity contribution < 1.29 is 34.2 Å². The largest absolute Gasteiger partial charge is 0.481 e. The molecule has 190 valence electrons. The molecule has 12 nitrogen and oxygen atoms in total. The first kappa shape index (κ1) is 27.5. The average Bonchev–Trinajstić information content (AvgIpc) is 2.83. The summed E-state index contributed by atoms with van der Waals surface area (Å²) in [5.74, 6) is -4.97. The Hall–Kier alpha value is -4.74. The molecule has 0 aromatic heterocycles. The van der Waals surface area contributed by atoms with Gasteiger partial charge in [-0.2, -0.15) is 0 Å². The van der Waals surface area contributed by atoms with E-state index in [0.29, 0.717) is 11.1 Å². The Morgan fingerprint density at radius 3 is 2.03 bits per heavy atom. The van der Waals surface area contributed by atoms with Gasteiger partial charge < -0.3 is 31.9 Å². The van der Waals surface area contributed by atoms with Gasteiger partial charge in [-0.15, -0.1) is 0 Å². The van der Waals surface area contributed by atoms with E-state index in [4.69, 9.17) is 16.2 Å². The number of benzene rings is 2. The summed E-state index contributed by atoms with van der Waals surface area (Å²) in [7, 11) is 0. The summed E-state index contributed by atoms with van der Waals surface area (Å²) in [6.45, 7) is -0.105. The number of hydrogen-bond donors (Lipinski definition) is 7. The van der Waals surface area contributed by atoms with Gasteiger partial charge in [-0.3, -0.25) is 24.6 Å². The van der Waals surface area contributed by atoms with Crippen molar-refractivity contribution >= 4 is 35.5 Å². The number of rotatable bonds is 13. The maximum absolute atomic E-state index is 12.6. The number of carboxylic acids is 2. The Labute approximate surface area is 206 Å². The number of hydrogen-bond acceptors (Lipinski definition) is 6. The molecular weight excluding hydrogens is 470 g/mol. The van der Waals surface area contributed by atoms with Crippen LogP contribution in [-0.4, -0.2) is 64.3 Å². The first-order valence-corrected chi connectivity index (χ1v) is 10.9. The zero-order valence-electron chi connectivity index (χ0n) is 19.2. The molecule has 3 amide bonds. The quantitative estimate of drug-likeness (QED) is 0.146. The van der Waals surface area contributed by atoms with Crippen LogP contribution in [0.4, 0.5) is 0 Å². The Bertz CT molecular complexity index is 1120. The molecule has 0 aliphatic carbocycles. The first-order valence-electron chi connectivity index (χ1n) is 10.9. The zero-order valence-corrected chi connectivity index (χ0v) is 19.2. The van der Waals surface area contributed by atoms with E-state index < -0.39 is 48.2 Å². The lowest BCUT2D eigenvalue weighted by Crippen LogP contribution is -2.53. The van der Waals surface area contributed by atoms with Crippen molar-refractivity contribution in [2.45, 2.75) is 31.3 Å². The van der Waals surface area contributed by atoms with E-state index in [-0.39, 0.29) is 30.8 Å². The average molecular weight is 498 g/mol. The molecule has 0 saturated carbocycles. The van der Waals surface area contributed by atoms with E-state index in [2.05, 4.69) is 16.0 Å². The molecule has 0 aliphatic heterocycles. The fraction of sp³-hybridized carbons (Fsp3) is 0.250. The van der Waals surface area contributed by atoms with Gasteiger partial charge in [0.15, 0.2) is 0 Å². The van der Waals surface area contributed by atoms with Gasteiger partial charge in [0.1, 0.15) is 17.9 Å². The van der Waals surface area contributed by atoms with E-state index in [9.17, 15) is 29.1 Å². The molecule has 0 saturated heterocycles. The number of carbonyl (C=O) groups is 5. The number of nitrogen functional groups attached to an aromatic ring is 1. The molecule has 0 unspecified atom stereocenters. The molecule has 0 heterocycles. The lowest BCUT2D eigenvalue weighted by atomic mass is 10.1. The minimum Gasteiger partial charge on any atom is -0.481 e. The normalized spacial score (nSPS) is 12.0. The minimum atomic E-state index is -1.51. The van der Waals surface area contributed by atoms with Crippen LogP contribution in [0, 0.1) is 5.41 Å². The standard InChI is InChI=1S/C24H27N5O7/c25-21(26)15-6-8-16(9-7-15)22(33)27-11-10-19(30)28-17(13-20(31)32)23(34)29-18(24(35)36)12-14-4-2-1-3-5-14/h1-9,17-18H,10-13H2,(H3,25,26)(H,27,33)(H,28,30)(H,29,34)(H,31,32)(H,35,36)/t17-,18-/m0/s1. The minimum absolute atomic E-state index is 0.0327. The second kappa shape index (κ2) is 13.2. The van der Waals surface area contributed by atoms with Crippen molar-refractivity contribution in [3.63, 3.8) is 0 Å². The molecule has 36 heavy (non-hydrogen) atoms. The van der Waals surface area contributed by atoms with Crippen molar-refractivity contribution in [1.29, 1.82) is 5.41 Å². The van der Waals surface area contributed by atoms with Crippen LogP contribution in [0.3, 0.4) is 0 Å². The van der Waals surface area contributed by atoms with Gasteiger partial charge in [0.05, 0.1) is 6.42 Å². The van der Waals surface area contributed by atoms with Crippen molar-refractivity contribution in [3.05, 3.63) is 71.3 Å². The van der Waals surface area contributed by atoms with E-state index >= 15 is 0 Å². The first-order chi connectivity index (χ1) is 17.1. The third-order valence-electron chi connectivity index (χ3n) is 5.02. The number of carbonyl (C=O) groups excluding carboxylic acids is 3. The fourth-order valence-electron chi connectivity index (χ4n) is 3.17. The zero-order chi connectivity index (χ0) is 26.7. The lowest BCUT2D eigenvalue weighted by Gasteiger charge is -2.20. The molecule has 0 bridgehead atoms. The van der Waals surface area contributed by atoms with Crippen LogP contribution in [0.25, 0.3) is 0 Å². The van der Waals surface area contributed by atoms with E-state index in [0.717, 1.165) is 0 Å². The summed E-state index contributed by atoms with van der Waals surface area (Å²) in [4.78, 5) is 59.9. The predicted octanol–water partition coefficient (Wildman–Crippen LogP) is -0.138.